The van der Waals surface area contributed by atoms with Gasteiger partial charge in [-0.1, -0.05) is 250 Å². The van der Waals surface area contributed by atoms with E-state index in [1.54, 1.807) is 0 Å². The standard InChI is InChI=1S/C71H114O6/c1-4-7-10-13-16-19-22-24-26-28-29-30-31-32-33-34-35-36-37-38-39-40-41-43-44-46-49-52-55-58-61-64-70(73)76-67-68(66-75-69(72)63-60-57-54-51-48-21-18-15-12-9-6-3)77-71(74)65-62-59-56-53-50-47-45-42-27-25-23-20-17-14-11-8-5-2/h7,10,15-20,24-27,29-30,32-33,35-36,38-39,41,43,46,49,68H,4-6,8-9,11-14,21-23,28,31,34,37,40,42,44-45,47-48,50-67H2,1-3H3/b10-7-,18-15-,19-16-,20-17-,26-24-,27-25-,30-29-,33-32-,36-35-,39-38-,43-41-,49-46-. The molecule has 6 heteroatoms. The minimum Gasteiger partial charge on any atom is -0.462 e. The Kier molecular flexibility index (Phi) is 59.9. The normalized spacial score (nSPS) is 13.1. The quantitative estimate of drug-likeness (QED) is 0.0261. The molecular weight excluding hydrogens is 949 g/mol. The Labute approximate surface area is 474 Å². The van der Waals surface area contributed by atoms with E-state index in [0.29, 0.717) is 19.3 Å². The number of hydrogen-bond donors (Lipinski definition) is 0. The summed E-state index contributed by atoms with van der Waals surface area (Å²) < 4.78 is 16.8. The van der Waals surface area contributed by atoms with Crippen LogP contribution in [0.5, 0.6) is 0 Å². The first-order chi connectivity index (χ1) is 38.0. The molecule has 434 valence electrons. The zero-order valence-corrected chi connectivity index (χ0v) is 49.7. The van der Waals surface area contributed by atoms with Crippen molar-refractivity contribution in [3.63, 3.8) is 0 Å². The summed E-state index contributed by atoms with van der Waals surface area (Å²) >= 11 is 0. The van der Waals surface area contributed by atoms with E-state index in [-0.39, 0.29) is 31.1 Å². The van der Waals surface area contributed by atoms with Crippen LogP contribution < -0.4 is 0 Å². The molecule has 0 heterocycles. The van der Waals surface area contributed by atoms with Crippen LogP contribution in [0.2, 0.25) is 0 Å². The van der Waals surface area contributed by atoms with Crippen molar-refractivity contribution in [2.45, 2.75) is 271 Å². The summed E-state index contributed by atoms with van der Waals surface area (Å²) in [6.45, 7) is 6.41. The Balaban J connectivity index is 4.37. The number of carbonyl (C=O) groups is 3. The smallest absolute Gasteiger partial charge is 0.306 e. The van der Waals surface area contributed by atoms with Gasteiger partial charge in [0.05, 0.1) is 0 Å². The van der Waals surface area contributed by atoms with Gasteiger partial charge in [0.2, 0.25) is 0 Å². The van der Waals surface area contributed by atoms with Gasteiger partial charge in [-0.3, -0.25) is 14.4 Å². The van der Waals surface area contributed by atoms with E-state index in [1.165, 1.54) is 77.0 Å². The first kappa shape index (κ1) is 72.3. The van der Waals surface area contributed by atoms with E-state index >= 15 is 0 Å². The van der Waals surface area contributed by atoms with Gasteiger partial charge in [-0.25, -0.2) is 0 Å². The maximum atomic E-state index is 12.9. The van der Waals surface area contributed by atoms with Gasteiger partial charge in [-0.15, -0.1) is 0 Å². The van der Waals surface area contributed by atoms with E-state index < -0.39 is 6.10 Å². The highest BCUT2D eigenvalue weighted by molar-refractivity contribution is 5.71. The molecule has 1 unspecified atom stereocenters. The Morgan fingerprint density at radius 3 is 0.857 bits per heavy atom. The molecule has 0 rings (SSSR count). The number of esters is 3. The van der Waals surface area contributed by atoms with Crippen LogP contribution >= 0.6 is 0 Å². The highest BCUT2D eigenvalue weighted by Gasteiger charge is 2.19. The Bertz CT molecular complexity index is 1700. The number of carbonyl (C=O) groups excluding carboxylic acids is 3. The fourth-order valence-corrected chi connectivity index (χ4v) is 8.09. The molecule has 0 aliphatic rings. The van der Waals surface area contributed by atoms with E-state index in [4.69, 9.17) is 14.2 Å². The van der Waals surface area contributed by atoms with Gasteiger partial charge in [-0.2, -0.15) is 0 Å². The molecule has 0 fully saturated rings. The van der Waals surface area contributed by atoms with E-state index in [9.17, 15) is 14.4 Å². The highest BCUT2D eigenvalue weighted by Crippen LogP contribution is 2.14. The second kappa shape index (κ2) is 63.8. The SMILES string of the molecule is CC/C=C\C/C=C\C/C=C\C/C=C\C/C=C\C/C=C\C/C=C\C/C=C\C/C=C\CCCCCC(=O)OCC(COC(=O)CCCCCCC/C=C\CCCC)OC(=O)CCCCCCCCC/C=C\C/C=C\CCCCC. The lowest BCUT2D eigenvalue weighted by Crippen LogP contribution is -2.30. The van der Waals surface area contributed by atoms with Gasteiger partial charge in [0.15, 0.2) is 6.10 Å². The summed E-state index contributed by atoms with van der Waals surface area (Å²) in [6, 6.07) is 0. The van der Waals surface area contributed by atoms with Crippen LogP contribution in [0.1, 0.15) is 265 Å². The molecular formula is C71H114O6. The van der Waals surface area contributed by atoms with Crippen molar-refractivity contribution in [1.29, 1.82) is 0 Å². The summed E-state index contributed by atoms with van der Waals surface area (Å²) in [5.74, 6) is -0.955. The molecule has 0 amide bonds. The molecule has 0 aliphatic carbocycles. The van der Waals surface area contributed by atoms with Gasteiger partial charge >= 0.3 is 17.9 Å². The van der Waals surface area contributed by atoms with Crippen molar-refractivity contribution in [3.05, 3.63) is 146 Å². The predicted octanol–water partition coefficient (Wildman–Crippen LogP) is 21.5. The summed E-state index contributed by atoms with van der Waals surface area (Å²) in [6.07, 6.45) is 91.4. The Morgan fingerprint density at radius 1 is 0.273 bits per heavy atom. The molecule has 0 spiro atoms. The number of allylic oxidation sites excluding steroid dienone is 24. The van der Waals surface area contributed by atoms with Crippen LogP contribution in [-0.4, -0.2) is 37.2 Å². The van der Waals surface area contributed by atoms with Gasteiger partial charge in [0.25, 0.3) is 0 Å². The fourth-order valence-electron chi connectivity index (χ4n) is 8.09. The average molecular weight is 1060 g/mol. The minimum absolute atomic E-state index is 0.101. The zero-order chi connectivity index (χ0) is 55.7. The van der Waals surface area contributed by atoms with Gasteiger partial charge in [0, 0.05) is 19.3 Å². The largest absolute Gasteiger partial charge is 0.462 e. The molecule has 0 aromatic carbocycles. The monoisotopic (exact) mass is 1060 g/mol. The predicted molar refractivity (Wildman–Crippen MR) is 334 cm³/mol. The van der Waals surface area contributed by atoms with E-state index in [0.717, 1.165) is 148 Å². The van der Waals surface area contributed by atoms with Crippen molar-refractivity contribution in [2.75, 3.05) is 13.2 Å². The molecule has 0 aliphatic heterocycles. The molecule has 0 N–H and O–H groups in total. The van der Waals surface area contributed by atoms with Crippen LogP contribution in [-0.2, 0) is 28.6 Å². The third-order valence-corrected chi connectivity index (χ3v) is 12.8. The maximum Gasteiger partial charge on any atom is 0.306 e. The minimum atomic E-state index is -0.805. The highest BCUT2D eigenvalue weighted by atomic mass is 16.6. The van der Waals surface area contributed by atoms with Gasteiger partial charge in [-0.05, 0) is 141 Å². The first-order valence-electron chi connectivity index (χ1n) is 31.3. The molecule has 1 atom stereocenters. The Morgan fingerprint density at radius 2 is 0.519 bits per heavy atom. The summed E-state index contributed by atoms with van der Waals surface area (Å²) in [5.41, 5.74) is 0. The van der Waals surface area contributed by atoms with Crippen molar-refractivity contribution in [1.82, 2.24) is 0 Å². The molecule has 0 bridgehead atoms. The van der Waals surface area contributed by atoms with Crippen LogP contribution in [0.3, 0.4) is 0 Å². The summed E-state index contributed by atoms with van der Waals surface area (Å²) in [5, 5.41) is 0. The van der Waals surface area contributed by atoms with Gasteiger partial charge < -0.3 is 14.2 Å². The van der Waals surface area contributed by atoms with E-state index in [1.807, 2.05) is 0 Å². The molecule has 77 heavy (non-hydrogen) atoms. The van der Waals surface area contributed by atoms with Crippen molar-refractivity contribution in [2.24, 2.45) is 0 Å². The maximum absolute atomic E-state index is 12.9. The van der Waals surface area contributed by atoms with Crippen molar-refractivity contribution >= 4 is 17.9 Å². The topological polar surface area (TPSA) is 78.9 Å². The van der Waals surface area contributed by atoms with Gasteiger partial charge in [0.1, 0.15) is 13.2 Å². The average Bonchev–Trinajstić information content (AvgIpc) is 3.43. The second-order valence-corrected chi connectivity index (χ2v) is 20.2. The van der Waals surface area contributed by atoms with Crippen molar-refractivity contribution < 1.29 is 28.6 Å². The molecule has 0 saturated carbocycles. The number of ether oxygens (including phenoxy) is 3. The molecule has 6 nitrogen and oxygen atoms in total. The summed E-state index contributed by atoms with van der Waals surface area (Å²) in [4.78, 5) is 38.2. The Hall–Kier alpha value is -4.71. The summed E-state index contributed by atoms with van der Waals surface area (Å²) in [7, 11) is 0. The second-order valence-electron chi connectivity index (χ2n) is 20.2. The van der Waals surface area contributed by atoms with Crippen LogP contribution in [0.25, 0.3) is 0 Å². The third kappa shape index (κ3) is 62.0. The molecule has 0 radical (unpaired) electrons. The van der Waals surface area contributed by atoms with Crippen LogP contribution in [0, 0.1) is 0 Å². The fraction of sp³-hybridized carbons (Fsp3) is 0.620. The lowest BCUT2D eigenvalue weighted by molar-refractivity contribution is -0.167. The number of unbranched alkanes of at least 4 members (excludes halogenated alkanes) is 20. The van der Waals surface area contributed by atoms with Crippen LogP contribution in [0.4, 0.5) is 0 Å². The third-order valence-electron chi connectivity index (χ3n) is 12.8. The number of rotatable bonds is 55. The van der Waals surface area contributed by atoms with Crippen molar-refractivity contribution in [3.8, 4) is 0 Å². The first-order valence-corrected chi connectivity index (χ1v) is 31.3. The lowest BCUT2D eigenvalue weighted by Gasteiger charge is -2.18. The zero-order valence-electron chi connectivity index (χ0n) is 49.7. The molecule has 0 aromatic rings. The van der Waals surface area contributed by atoms with E-state index in [2.05, 4.69) is 167 Å². The molecule has 0 aromatic heterocycles. The number of hydrogen-bond acceptors (Lipinski definition) is 6. The molecule has 0 saturated heterocycles. The lowest BCUT2D eigenvalue weighted by atomic mass is 10.1. The van der Waals surface area contributed by atoms with Crippen LogP contribution in [0.15, 0.2) is 146 Å².